The summed E-state index contributed by atoms with van der Waals surface area (Å²) in [4.78, 5) is 10.8. The molecule has 4 nitrogen and oxygen atoms in total. The molecule has 74 valence electrons. The van der Waals surface area contributed by atoms with Crippen LogP contribution in [0.15, 0.2) is 10.2 Å². The van der Waals surface area contributed by atoms with Crippen LogP contribution in [0.1, 0.15) is 34.1 Å². The Morgan fingerprint density at radius 3 is 2.31 bits per heavy atom. The lowest BCUT2D eigenvalue weighted by Crippen LogP contribution is -2.35. The second kappa shape index (κ2) is 2.79. The van der Waals surface area contributed by atoms with Crippen molar-refractivity contribution in [3.8, 4) is 0 Å². The number of rotatable bonds is 1. The van der Waals surface area contributed by atoms with Crippen molar-refractivity contribution in [2.75, 3.05) is 0 Å². The fourth-order valence-corrected chi connectivity index (χ4v) is 1.26. The van der Waals surface area contributed by atoms with Gasteiger partial charge in [0.15, 0.2) is 5.54 Å². The Kier molecular flexibility index (Phi) is 2.18. The summed E-state index contributed by atoms with van der Waals surface area (Å²) in [6, 6.07) is 0.0219. The zero-order chi connectivity index (χ0) is 10.3. The second-order valence-electron chi connectivity index (χ2n) is 4.88. The highest BCUT2D eigenvalue weighted by atomic mass is 16.4. The van der Waals surface area contributed by atoms with E-state index in [1.807, 2.05) is 20.8 Å². The van der Waals surface area contributed by atoms with E-state index < -0.39 is 11.5 Å². The molecule has 4 heteroatoms. The van der Waals surface area contributed by atoms with Gasteiger partial charge in [-0.2, -0.15) is 10.2 Å². The molecule has 13 heavy (non-hydrogen) atoms. The van der Waals surface area contributed by atoms with Crippen LogP contribution in [0.3, 0.4) is 0 Å². The zero-order valence-electron chi connectivity index (χ0n) is 8.53. The summed E-state index contributed by atoms with van der Waals surface area (Å²) in [5, 5.41) is 16.8. The Labute approximate surface area is 78.1 Å². The van der Waals surface area contributed by atoms with Crippen molar-refractivity contribution in [2.45, 2.75) is 45.7 Å². The topological polar surface area (TPSA) is 62.0 Å². The minimum absolute atomic E-state index is 0.00326. The normalized spacial score (nSPS) is 33.7. The molecule has 0 spiro atoms. The van der Waals surface area contributed by atoms with E-state index in [-0.39, 0.29) is 11.5 Å². The van der Waals surface area contributed by atoms with Gasteiger partial charge in [-0.1, -0.05) is 20.8 Å². The lowest BCUT2D eigenvalue weighted by Gasteiger charge is -2.24. The van der Waals surface area contributed by atoms with Gasteiger partial charge in [0, 0.05) is 6.42 Å². The molecule has 1 aliphatic heterocycles. The highest BCUT2D eigenvalue weighted by Gasteiger charge is 2.44. The SMILES string of the molecule is CC1(C(=O)O)CC(C(C)(C)C)N=N1. The van der Waals surface area contributed by atoms with Gasteiger partial charge < -0.3 is 5.11 Å². The van der Waals surface area contributed by atoms with Crippen molar-refractivity contribution in [1.29, 1.82) is 0 Å². The van der Waals surface area contributed by atoms with E-state index in [9.17, 15) is 4.79 Å². The summed E-state index contributed by atoms with van der Waals surface area (Å²) in [6.45, 7) is 7.75. The van der Waals surface area contributed by atoms with Crippen molar-refractivity contribution in [3.05, 3.63) is 0 Å². The van der Waals surface area contributed by atoms with Crippen LogP contribution >= 0.6 is 0 Å². The van der Waals surface area contributed by atoms with E-state index in [0.29, 0.717) is 6.42 Å². The zero-order valence-corrected chi connectivity index (χ0v) is 8.53. The number of nitrogens with zero attached hydrogens (tertiary/aromatic N) is 2. The van der Waals surface area contributed by atoms with Crippen LogP contribution in [0.5, 0.6) is 0 Å². The molecular weight excluding hydrogens is 168 g/mol. The number of carboxylic acid groups (broad SMARTS) is 1. The van der Waals surface area contributed by atoms with Gasteiger partial charge in [0.1, 0.15) is 0 Å². The van der Waals surface area contributed by atoms with Gasteiger partial charge in [-0.3, -0.25) is 0 Å². The second-order valence-corrected chi connectivity index (χ2v) is 4.88. The monoisotopic (exact) mass is 184 g/mol. The third-order valence-electron chi connectivity index (χ3n) is 2.47. The van der Waals surface area contributed by atoms with Gasteiger partial charge in [0.25, 0.3) is 0 Å². The molecule has 0 aromatic rings. The lowest BCUT2D eigenvalue weighted by molar-refractivity contribution is -0.142. The van der Waals surface area contributed by atoms with E-state index in [1.165, 1.54) is 0 Å². The summed E-state index contributed by atoms with van der Waals surface area (Å²) >= 11 is 0. The first-order chi connectivity index (χ1) is 5.76. The van der Waals surface area contributed by atoms with Crippen LogP contribution in [0, 0.1) is 5.41 Å². The molecule has 2 atom stereocenters. The van der Waals surface area contributed by atoms with E-state index >= 15 is 0 Å². The van der Waals surface area contributed by atoms with Crippen LogP contribution in [0.2, 0.25) is 0 Å². The van der Waals surface area contributed by atoms with Crippen LogP contribution < -0.4 is 0 Å². The number of hydrogen-bond acceptors (Lipinski definition) is 3. The van der Waals surface area contributed by atoms with Gasteiger partial charge >= 0.3 is 5.97 Å². The summed E-state index contributed by atoms with van der Waals surface area (Å²) in [6.07, 6.45) is 0.506. The predicted molar refractivity (Wildman–Crippen MR) is 48.8 cm³/mol. The van der Waals surface area contributed by atoms with Crippen LogP contribution in [-0.2, 0) is 4.79 Å². The number of carboxylic acids is 1. The fourth-order valence-electron chi connectivity index (χ4n) is 1.26. The summed E-state index contributed by atoms with van der Waals surface area (Å²) < 4.78 is 0. The molecule has 1 N–H and O–H groups in total. The highest BCUT2D eigenvalue weighted by Crippen LogP contribution is 2.36. The first-order valence-electron chi connectivity index (χ1n) is 4.41. The number of carbonyl (C=O) groups is 1. The average molecular weight is 184 g/mol. The number of azo groups is 1. The Balaban J connectivity index is 2.77. The van der Waals surface area contributed by atoms with Crippen molar-refractivity contribution >= 4 is 5.97 Å². The molecule has 0 amide bonds. The molecule has 1 rings (SSSR count). The van der Waals surface area contributed by atoms with E-state index in [4.69, 9.17) is 5.11 Å². The average Bonchev–Trinajstić information content (AvgIpc) is 2.31. The van der Waals surface area contributed by atoms with E-state index in [1.54, 1.807) is 6.92 Å². The summed E-state index contributed by atoms with van der Waals surface area (Å²) in [7, 11) is 0. The maximum Gasteiger partial charge on any atom is 0.333 e. The van der Waals surface area contributed by atoms with Crippen molar-refractivity contribution in [2.24, 2.45) is 15.6 Å². The van der Waals surface area contributed by atoms with E-state index in [2.05, 4.69) is 10.2 Å². The van der Waals surface area contributed by atoms with Crippen molar-refractivity contribution < 1.29 is 9.90 Å². The summed E-state index contributed by atoms with van der Waals surface area (Å²) in [5.74, 6) is -0.886. The molecule has 0 aromatic carbocycles. The largest absolute Gasteiger partial charge is 0.479 e. The predicted octanol–water partition coefficient (Wildman–Crippen LogP) is 2.10. The Morgan fingerprint density at radius 2 is 2.08 bits per heavy atom. The molecule has 2 unspecified atom stereocenters. The molecular formula is C9H16N2O2. The smallest absolute Gasteiger partial charge is 0.333 e. The third kappa shape index (κ3) is 1.87. The van der Waals surface area contributed by atoms with Crippen LogP contribution in [-0.4, -0.2) is 22.7 Å². The minimum Gasteiger partial charge on any atom is -0.479 e. The molecule has 0 aromatic heterocycles. The summed E-state index contributed by atoms with van der Waals surface area (Å²) in [5.41, 5.74) is -1.01. The molecule has 1 heterocycles. The van der Waals surface area contributed by atoms with Crippen molar-refractivity contribution in [1.82, 2.24) is 0 Å². The lowest BCUT2D eigenvalue weighted by atomic mass is 9.81. The van der Waals surface area contributed by atoms with Gasteiger partial charge in [-0.05, 0) is 12.3 Å². The molecule has 0 radical (unpaired) electrons. The number of aliphatic carboxylic acids is 1. The Bertz CT molecular complexity index is 255. The first-order valence-corrected chi connectivity index (χ1v) is 4.41. The van der Waals surface area contributed by atoms with Crippen LogP contribution in [0.25, 0.3) is 0 Å². The van der Waals surface area contributed by atoms with Gasteiger partial charge in [-0.15, -0.1) is 0 Å². The fraction of sp³-hybridized carbons (Fsp3) is 0.889. The minimum atomic E-state index is -1.00. The van der Waals surface area contributed by atoms with Crippen LogP contribution in [0.4, 0.5) is 0 Å². The van der Waals surface area contributed by atoms with Crippen molar-refractivity contribution in [3.63, 3.8) is 0 Å². The molecule has 0 saturated carbocycles. The Morgan fingerprint density at radius 1 is 1.54 bits per heavy atom. The molecule has 0 bridgehead atoms. The maximum atomic E-state index is 10.8. The number of hydrogen-bond donors (Lipinski definition) is 1. The molecule has 0 fully saturated rings. The first kappa shape index (κ1) is 10.2. The quantitative estimate of drug-likeness (QED) is 0.678. The van der Waals surface area contributed by atoms with Gasteiger partial charge in [0.2, 0.25) is 0 Å². The van der Waals surface area contributed by atoms with Gasteiger partial charge in [-0.25, -0.2) is 4.79 Å². The van der Waals surface area contributed by atoms with E-state index in [0.717, 1.165) is 0 Å². The third-order valence-corrected chi connectivity index (χ3v) is 2.47. The van der Waals surface area contributed by atoms with Gasteiger partial charge in [0.05, 0.1) is 6.04 Å². The molecule has 0 aliphatic carbocycles. The molecule has 0 saturated heterocycles. The standard InChI is InChI=1S/C9H16N2O2/c1-8(2,3)6-5-9(4,7(12)13)11-10-6/h6H,5H2,1-4H3,(H,12,13). The maximum absolute atomic E-state index is 10.8. The highest BCUT2D eigenvalue weighted by molar-refractivity contribution is 5.78. The Hall–Kier alpha value is -0.930. The molecule has 1 aliphatic rings.